The van der Waals surface area contributed by atoms with Crippen molar-refractivity contribution in [1.82, 2.24) is 5.32 Å². The predicted octanol–water partition coefficient (Wildman–Crippen LogP) is 1.49. The highest BCUT2D eigenvalue weighted by Crippen LogP contribution is 2.05. The summed E-state index contributed by atoms with van der Waals surface area (Å²) in [7, 11) is 0. The van der Waals surface area contributed by atoms with Gasteiger partial charge in [-0.25, -0.2) is 4.79 Å². The van der Waals surface area contributed by atoms with Gasteiger partial charge >= 0.3 is 6.09 Å². The summed E-state index contributed by atoms with van der Waals surface area (Å²) in [6.07, 6.45) is 0.345. The third kappa shape index (κ3) is 5.80. The Labute approximate surface area is 86.2 Å². The van der Waals surface area contributed by atoms with Gasteiger partial charge in [-0.2, -0.15) is 0 Å². The lowest BCUT2D eigenvalue weighted by molar-refractivity contribution is 0.109. The molecule has 14 heavy (non-hydrogen) atoms. The maximum absolute atomic E-state index is 11.3. The topological polar surface area (TPSA) is 64.3 Å². The normalized spacial score (nSPS) is 13.1. The first-order valence-electron chi connectivity index (χ1n) is 5.14. The van der Waals surface area contributed by atoms with Gasteiger partial charge in [-0.05, 0) is 32.7 Å². The number of hydrogen-bond donors (Lipinski definition) is 2. The molecule has 0 aromatic heterocycles. The van der Waals surface area contributed by atoms with Gasteiger partial charge in [0.25, 0.3) is 0 Å². The Balaban J connectivity index is 3.96. The summed E-state index contributed by atoms with van der Waals surface area (Å²) in [6, 6.07) is 0.103. The van der Waals surface area contributed by atoms with E-state index in [0.717, 1.165) is 6.42 Å². The Bertz CT molecular complexity index is 170. The van der Waals surface area contributed by atoms with Gasteiger partial charge in [-0.1, -0.05) is 13.8 Å². The Hall–Kier alpha value is -0.770. The maximum atomic E-state index is 11.3. The Morgan fingerprint density at radius 1 is 1.36 bits per heavy atom. The molecule has 4 nitrogen and oxygen atoms in total. The van der Waals surface area contributed by atoms with Crippen LogP contribution in [0.5, 0.6) is 0 Å². The minimum Gasteiger partial charge on any atom is -0.447 e. The molecular weight excluding hydrogens is 180 g/mol. The largest absolute Gasteiger partial charge is 0.447 e. The van der Waals surface area contributed by atoms with E-state index < -0.39 is 0 Å². The zero-order valence-corrected chi connectivity index (χ0v) is 9.54. The molecule has 0 aliphatic heterocycles. The van der Waals surface area contributed by atoms with Crippen molar-refractivity contribution in [3.8, 4) is 0 Å². The summed E-state index contributed by atoms with van der Waals surface area (Å²) in [6.45, 7) is 8.33. The minimum absolute atomic E-state index is 0.0827. The molecule has 0 spiro atoms. The monoisotopic (exact) mass is 202 g/mol. The molecule has 0 rings (SSSR count). The summed E-state index contributed by atoms with van der Waals surface area (Å²) in [5, 5.41) is 2.81. The summed E-state index contributed by atoms with van der Waals surface area (Å²) < 4.78 is 4.99. The predicted molar refractivity (Wildman–Crippen MR) is 57.1 cm³/mol. The molecule has 0 aromatic carbocycles. The number of amides is 1. The Morgan fingerprint density at radius 2 is 1.93 bits per heavy atom. The first kappa shape index (κ1) is 13.2. The van der Waals surface area contributed by atoms with E-state index in [1.165, 1.54) is 0 Å². The van der Waals surface area contributed by atoms with Crippen LogP contribution >= 0.6 is 0 Å². The van der Waals surface area contributed by atoms with Gasteiger partial charge in [-0.3, -0.25) is 0 Å². The zero-order chi connectivity index (χ0) is 11.1. The number of carbonyl (C=O) groups is 1. The smallest absolute Gasteiger partial charge is 0.407 e. The van der Waals surface area contributed by atoms with Crippen molar-refractivity contribution in [2.45, 2.75) is 46.3 Å². The van der Waals surface area contributed by atoms with Crippen LogP contribution in [0.2, 0.25) is 0 Å². The van der Waals surface area contributed by atoms with E-state index in [1.54, 1.807) is 0 Å². The molecule has 1 amide bonds. The third-order valence-corrected chi connectivity index (χ3v) is 1.93. The Morgan fingerprint density at radius 3 is 2.29 bits per heavy atom. The highest BCUT2D eigenvalue weighted by atomic mass is 16.6. The molecule has 3 N–H and O–H groups in total. The van der Waals surface area contributed by atoms with E-state index in [4.69, 9.17) is 10.5 Å². The van der Waals surface area contributed by atoms with Gasteiger partial charge in [0, 0.05) is 6.04 Å². The van der Waals surface area contributed by atoms with Crippen LogP contribution in [0.25, 0.3) is 0 Å². The van der Waals surface area contributed by atoms with Gasteiger partial charge < -0.3 is 15.8 Å². The molecule has 0 aliphatic rings. The van der Waals surface area contributed by atoms with Gasteiger partial charge in [0.1, 0.15) is 0 Å². The fraction of sp³-hybridized carbons (Fsp3) is 0.900. The lowest BCUT2D eigenvalue weighted by atomic mass is 10.0. The van der Waals surface area contributed by atoms with Crippen molar-refractivity contribution in [2.75, 3.05) is 6.54 Å². The van der Waals surface area contributed by atoms with Crippen molar-refractivity contribution >= 4 is 6.09 Å². The van der Waals surface area contributed by atoms with E-state index in [0.29, 0.717) is 12.5 Å². The number of alkyl carbamates (subject to hydrolysis) is 1. The summed E-state index contributed by atoms with van der Waals surface area (Å²) in [4.78, 5) is 11.3. The van der Waals surface area contributed by atoms with E-state index in [2.05, 4.69) is 19.2 Å². The molecular formula is C10H22N2O2. The average Bonchev–Trinajstić information content (AvgIpc) is 2.01. The molecule has 0 bridgehead atoms. The number of rotatable bonds is 5. The molecule has 4 heteroatoms. The van der Waals surface area contributed by atoms with Crippen LogP contribution in [0.15, 0.2) is 0 Å². The van der Waals surface area contributed by atoms with Gasteiger partial charge in [0.15, 0.2) is 0 Å². The van der Waals surface area contributed by atoms with Crippen molar-refractivity contribution in [1.29, 1.82) is 0 Å². The summed E-state index contributed by atoms with van der Waals surface area (Å²) in [5.74, 6) is 0.373. The highest BCUT2D eigenvalue weighted by Gasteiger charge is 2.16. The number of ether oxygens (including phenoxy) is 1. The van der Waals surface area contributed by atoms with Crippen molar-refractivity contribution in [2.24, 2.45) is 11.7 Å². The first-order valence-corrected chi connectivity index (χ1v) is 5.14. The zero-order valence-electron chi connectivity index (χ0n) is 9.54. The molecule has 1 unspecified atom stereocenters. The van der Waals surface area contributed by atoms with Crippen molar-refractivity contribution < 1.29 is 9.53 Å². The molecule has 84 valence electrons. The second-order valence-electron chi connectivity index (χ2n) is 4.03. The Kier molecular flexibility index (Phi) is 6.28. The summed E-state index contributed by atoms with van der Waals surface area (Å²) >= 11 is 0. The van der Waals surface area contributed by atoms with Gasteiger partial charge in [-0.15, -0.1) is 0 Å². The minimum atomic E-state index is -0.354. The molecule has 0 aliphatic carbocycles. The maximum Gasteiger partial charge on any atom is 0.407 e. The van der Waals surface area contributed by atoms with Gasteiger partial charge in [0.2, 0.25) is 0 Å². The van der Waals surface area contributed by atoms with E-state index >= 15 is 0 Å². The second kappa shape index (κ2) is 6.65. The van der Waals surface area contributed by atoms with Crippen LogP contribution in [0, 0.1) is 5.92 Å². The van der Waals surface area contributed by atoms with Crippen LogP contribution in [0.4, 0.5) is 4.79 Å². The number of nitrogens with two attached hydrogens (primary N) is 1. The van der Waals surface area contributed by atoms with E-state index in [9.17, 15) is 4.79 Å². The van der Waals surface area contributed by atoms with Crippen LogP contribution < -0.4 is 11.1 Å². The van der Waals surface area contributed by atoms with Crippen LogP contribution in [-0.2, 0) is 4.74 Å². The lowest BCUT2D eigenvalue weighted by Gasteiger charge is -2.22. The quantitative estimate of drug-likeness (QED) is 0.710. The van der Waals surface area contributed by atoms with Crippen molar-refractivity contribution in [3.05, 3.63) is 0 Å². The number of carbonyl (C=O) groups excluding carboxylic acids is 1. The van der Waals surface area contributed by atoms with Crippen molar-refractivity contribution in [3.63, 3.8) is 0 Å². The van der Waals surface area contributed by atoms with E-state index in [1.807, 2.05) is 13.8 Å². The number of nitrogens with one attached hydrogen (secondary N) is 1. The molecule has 0 fully saturated rings. The third-order valence-electron chi connectivity index (χ3n) is 1.93. The van der Waals surface area contributed by atoms with E-state index in [-0.39, 0.29) is 18.2 Å². The second-order valence-corrected chi connectivity index (χ2v) is 4.03. The molecule has 0 saturated carbocycles. The van der Waals surface area contributed by atoms with Crippen LogP contribution in [0.1, 0.15) is 34.1 Å². The fourth-order valence-corrected chi connectivity index (χ4v) is 1.15. The standard InChI is InChI=1S/C10H22N2O2/c1-7(2)9(5-6-11)12-10(13)14-8(3)4/h7-9H,5-6,11H2,1-4H3,(H,12,13). The average molecular weight is 202 g/mol. The molecule has 0 aromatic rings. The molecule has 0 saturated heterocycles. The first-order chi connectivity index (χ1) is 6.47. The van der Waals surface area contributed by atoms with Gasteiger partial charge in [0.05, 0.1) is 6.10 Å². The SMILES string of the molecule is CC(C)OC(=O)NC(CCN)C(C)C. The fourth-order valence-electron chi connectivity index (χ4n) is 1.15. The lowest BCUT2D eigenvalue weighted by Crippen LogP contribution is -2.40. The highest BCUT2D eigenvalue weighted by molar-refractivity contribution is 5.67. The molecule has 1 atom stereocenters. The van der Waals surface area contributed by atoms with Crippen LogP contribution in [0.3, 0.4) is 0 Å². The van der Waals surface area contributed by atoms with Crippen LogP contribution in [-0.4, -0.2) is 24.8 Å². The molecule has 0 heterocycles. The number of hydrogen-bond acceptors (Lipinski definition) is 3. The summed E-state index contributed by atoms with van der Waals surface area (Å²) in [5.41, 5.74) is 5.45. The molecule has 0 radical (unpaired) electrons.